The standard InChI is InChI=1S/C21H24FNO7S/c1-21(2)19(20(24)23(25)26)18(11-12-30-21)31(27,28)17-9-7-16(8-10-17)29-13-14-3-5-15(22)6-4-14/h3-10,18-19,25-26H,11-13H2,1-2H3. The molecule has 3 rings (SSSR count). The molecule has 0 aromatic heterocycles. The summed E-state index contributed by atoms with van der Waals surface area (Å²) in [6.45, 7) is 3.36. The van der Waals surface area contributed by atoms with E-state index in [-0.39, 0.29) is 30.3 Å². The first-order valence-electron chi connectivity index (χ1n) is 9.59. The van der Waals surface area contributed by atoms with E-state index in [1.807, 2.05) is 0 Å². The number of sulfone groups is 1. The van der Waals surface area contributed by atoms with Gasteiger partial charge in [-0.05, 0) is 62.2 Å². The number of hydrogen-bond donors (Lipinski definition) is 2. The summed E-state index contributed by atoms with van der Waals surface area (Å²) >= 11 is 0. The Morgan fingerprint density at radius 1 is 1.16 bits per heavy atom. The van der Waals surface area contributed by atoms with Crippen LogP contribution in [-0.4, -0.2) is 47.4 Å². The number of rotatable bonds is 6. The number of halogens is 1. The third-order valence-corrected chi connectivity index (χ3v) is 7.56. The van der Waals surface area contributed by atoms with Crippen molar-refractivity contribution >= 4 is 15.7 Å². The first-order valence-corrected chi connectivity index (χ1v) is 11.1. The van der Waals surface area contributed by atoms with Crippen LogP contribution >= 0.6 is 0 Å². The molecule has 1 aliphatic heterocycles. The van der Waals surface area contributed by atoms with Gasteiger partial charge in [-0.1, -0.05) is 17.4 Å². The SMILES string of the molecule is CC1(C)OCCC(S(=O)(=O)c2ccc(OCc3ccc(F)cc3)cc2)C1C(=O)N(O)O. The first kappa shape index (κ1) is 23.1. The van der Waals surface area contributed by atoms with Crippen LogP contribution in [0.4, 0.5) is 4.39 Å². The molecule has 2 unspecified atom stereocenters. The number of hydrogen-bond acceptors (Lipinski definition) is 7. The third-order valence-electron chi connectivity index (χ3n) is 5.33. The first-order chi connectivity index (χ1) is 14.5. The summed E-state index contributed by atoms with van der Waals surface area (Å²) in [6, 6.07) is 11.5. The van der Waals surface area contributed by atoms with Gasteiger partial charge in [0.1, 0.15) is 18.2 Å². The number of hydroxylamine groups is 2. The van der Waals surface area contributed by atoms with Gasteiger partial charge in [0.25, 0.3) is 5.91 Å². The van der Waals surface area contributed by atoms with Gasteiger partial charge in [-0.15, -0.1) is 0 Å². The monoisotopic (exact) mass is 453 g/mol. The molecule has 1 heterocycles. The lowest BCUT2D eigenvalue weighted by Crippen LogP contribution is -2.56. The number of carbonyl (C=O) groups excluding carboxylic acids is 1. The Morgan fingerprint density at radius 2 is 1.77 bits per heavy atom. The molecule has 1 fully saturated rings. The van der Waals surface area contributed by atoms with E-state index in [1.165, 1.54) is 50.2 Å². The summed E-state index contributed by atoms with van der Waals surface area (Å²) in [7, 11) is -4.00. The van der Waals surface area contributed by atoms with Crippen LogP contribution in [0.25, 0.3) is 0 Å². The fourth-order valence-corrected chi connectivity index (χ4v) is 5.78. The average molecular weight is 453 g/mol. The fourth-order valence-electron chi connectivity index (χ4n) is 3.70. The van der Waals surface area contributed by atoms with Crippen molar-refractivity contribution in [1.82, 2.24) is 5.23 Å². The predicted molar refractivity (Wildman–Crippen MR) is 107 cm³/mol. The predicted octanol–water partition coefficient (Wildman–Crippen LogP) is 2.97. The second kappa shape index (κ2) is 8.91. The van der Waals surface area contributed by atoms with Crippen molar-refractivity contribution < 1.29 is 37.5 Å². The van der Waals surface area contributed by atoms with E-state index in [0.29, 0.717) is 5.75 Å². The summed E-state index contributed by atoms with van der Waals surface area (Å²) < 4.78 is 50.6. The molecule has 0 aliphatic carbocycles. The fraction of sp³-hybridized carbons (Fsp3) is 0.381. The number of nitrogens with zero attached hydrogens (tertiary/aromatic N) is 1. The normalized spacial score (nSPS) is 20.8. The second-order valence-electron chi connectivity index (χ2n) is 7.82. The highest BCUT2D eigenvalue weighted by Gasteiger charge is 2.51. The molecule has 0 radical (unpaired) electrons. The van der Waals surface area contributed by atoms with Crippen LogP contribution in [0.3, 0.4) is 0 Å². The Kier molecular flexibility index (Phi) is 6.65. The Bertz CT molecular complexity index is 1020. The summed E-state index contributed by atoms with van der Waals surface area (Å²) in [6.07, 6.45) is 0.0266. The van der Waals surface area contributed by atoms with Crippen molar-refractivity contribution in [2.24, 2.45) is 5.92 Å². The van der Waals surface area contributed by atoms with E-state index >= 15 is 0 Å². The van der Waals surface area contributed by atoms with Crippen LogP contribution in [-0.2, 0) is 26.0 Å². The van der Waals surface area contributed by atoms with Gasteiger partial charge >= 0.3 is 0 Å². The lowest BCUT2D eigenvalue weighted by molar-refractivity contribution is -0.293. The molecule has 2 N–H and O–H groups in total. The largest absolute Gasteiger partial charge is 0.489 e. The maximum Gasteiger partial charge on any atom is 0.280 e. The van der Waals surface area contributed by atoms with Crippen LogP contribution in [0.5, 0.6) is 5.75 Å². The van der Waals surface area contributed by atoms with Crippen molar-refractivity contribution in [2.75, 3.05) is 6.61 Å². The van der Waals surface area contributed by atoms with E-state index < -0.39 is 37.7 Å². The van der Waals surface area contributed by atoms with Crippen molar-refractivity contribution in [3.05, 3.63) is 59.9 Å². The number of carbonyl (C=O) groups is 1. The topological polar surface area (TPSA) is 113 Å². The zero-order valence-electron chi connectivity index (χ0n) is 17.1. The van der Waals surface area contributed by atoms with E-state index in [2.05, 4.69) is 0 Å². The van der Waals surface area contributed by atoms with E-state index in [0.717, 1.165) is 5.56 Å². The molecule has 2 aromatic rings. The van der Waals surface area contributed by atoms with Gasteiger partial charge in [0, 0.05) is 6.61 Å². The average Bonchev–Trinajstić information content (AvgIpc) is 2.72. The lowest BCUT2D eigenvalue weighted by atomic mass is 9.83. The van der Waals surface area contributed by atoms with E-state index in [4.69, 9.17) is 9.47 Å². The molecule has 1 amide bonds. The van der Waals surface area contributed by atoms with Gasteiger partial charge in [0.05, 0.1) is 21.7 Å². The van der Waals surface area contributed by atoms with Gasteiger partial charge in [-0.25, -0.2) is 12.8 Å². The molecule has 10 heteroatoms. The van der Waals surface area contributed by atoms with Crippen molar-refractivity contribution in [3.8, 4) is 5.75 Å². The molecule has 2 atom stereocenters. The Balaban J connectivity index is 1.80. The summed E-state index contributed by atoms with van der Waals surface area (Å²) in [5.41, 5.74) is -0.462. The van der Waals surface area contributed by atoms with Crippen LogP contribution in [0.15, 0.2) is 53.4 Å². The number of amides is 1. The van der Waals surface area contributed by atoms with Gasteiger partial charge in [0.15, 0.2) is 9.84 Å². The summed E-state index contributed by atoms with van der Waals surface area (Å²) in [4.78, 5) is 12.3. The van der Waals surface area contributed by atoms with E-state index in [9.17, 15) is 28.0 Å². The van der Waals surface area contributed by atoms with Gasteiger partial charge < -0.3 is 9.47 Å². The summed E-state index contributed by atoms with van der Waals surface area (Å²) in [5.74, 6) is -2.40. The van der Waals surface area contributed by atoms with E-state index in [1.54, 1.807) is 12.1 Å². The molecule has 8 nitrogen and oxygen atoms in total. The van der Waals surface area contributed by atoms with Gasteiger partial charge in [0.2, 0.25) is 0 Å². The van der Waals surface area contributed by atoms with Gasteiger partial charge in [-0.2, -0.15) is 0 Å². The van der Waals surface area contributed by atoms with Crippen molar-refractivity contribution in [3.63, 3.8) is 0 Å². The maximum absolute atomic E-state index is 13.3. The Labute approximate surface area is 179 Å². The van der Waals surface area contributed by atoms with Crippen LogP contribution in [0.2, 0.25) is 0 Å². The highest BCUT2D eigenvalue weighted by Crippen LogP contribution is 2.38. The minimum atomic E-state index is -4.00. The zero-order chi connectivity index (χ0) is 22.8. The van der Waals surface area contributed by atoms with Gasteiger partial charge in [-0.3, -0.25) is 15.2 Å². The molecule has 1 aliphatic rings. The molecule has 168 valence electrons. The minimum Gasteiger partial charge on any atom is -0.489 e. The molecule has 0 bridgehead atoms. The van der Waals surface area contributed by atoms with Crippen molar-refractivity contribution in [1.29, 1.82) is 0 Å². The second-order valence-corrected chi connectivity index (χ2v) is 9.98. The Hall–Kier alpha value is -2.53. The molecule has 31 heavy (non-hydrogen) atoms. The molecular weight excluding hydrogens is 429 g/mol. The molecule has 1 saturated heterocycles. The zero-order valence-corrected chi connectivity index (χ0v) is 17.9. The highest BCUT2D eigenvalue weighted by molar-refractivity contribution is 7.92. The van der Waals surface area contributed by atoms with Crippen LogP contribution < -0.4 is 4.74 Å². The highest BCUT2D eigenvalue weighted by atomic mass is 32.2. The molecular formula is C21H24FNO7S. The van der Waals surface area contributed by atoms with Crippen LogP contribution in [0.1, 0.15) is 25.8 Å². The quantitative estimate of drug-likeness (QED) is 0.511. The van der Waals surface area contributed by atoms with Crippen molar-refractivity contribution in [2.45, 2.75) is 42.6 Å². The van der Waals surface area contributed by atoms with Crippen LogP contribution in [0, 0.1) is 11.7 Å². The maximum atomic E-state index is 13.3. The Morgan fingerprint density at radius 3 is 2.35 bits per heavy atom. The number of ether oxygens (including phenoxy) is 2. The lowest BCUT2D eigenvalue weighted by Gasteiger charge is -2.42. The summed E-state index contributed by atoms with van der Waals surface area (Å²) in [5, 5.41) is 16.6. The number of benzene rings is 2. The molecule has 0 saturated carbocycles. The minimum absolute atomic E-state index is 0.0236. The molecule has 0 spiro atoms. The molecule has 2 aromatic carbocycles. The third kappa shape index (κ3) is 5.04. The smallest absolute Gasteiger partial charge is 0.280 e.